The van der Waals surface area contributed by atoms with Gasteiger partial charge in [0.2, 0.25) is 0 Å². The maximum Gasteiger partial charge on any atom is -0.0101 e. The van der Waals surface area contributed by atoms with Crippen molar-refractivity contribution >= 4 is 0 Å². The van der Waals surface area contributed by atoms with Crippen molar-refractivity contribution < 1.29 is 0 Å². The molecule has 0 saturated heterocycles. The molecule has 0 heterocycles. The maximum absolute atomic E-state index is 3.84. The zero-order valence-electron chi connectivity index (χ0n) is 6.28. The molecule has 0 aliphatic carbocycles. The van der Waals surface area contributed by atoms with Crippen LogP contribution in [-0.4, -0.2) is 0 Å². The fourth-order valence-corrected chi connectivity index (χ4v) is 0.434. The second kappa shape index (κ2) is 4.13. The third-order valence-corrected chi connectivity index (χ3v) is 1.20. The summed E-state index contributed by atoms with van der Waals surface area (Å²) in [6, 6.07) is 0. The normalized spacial score (nSPS) is 10.0. The van der Waals surface area contributed by atoms with Crippen molar-refractivity contribution in [2.24, 2.45) is 0 Å². The van der Waals surface area contributed by atoms with Crippen molar-refractivity contribution in [3.63, 3.8) is 0 Å². The Balaban J connectivity index is 3.65. The minimum atomic E-state index is 0.936. The lowest BCUT2D eigenvalue weighted by Gasteiger charge is -1.97. The Labute approximate surface area is 57.6 Å². The van der Waals surface area contributed by atoms with Gasteiger partial charge in [-0.2, -0.15) is 0 Å². The van der Waals surface area contributed by atoms with Crippen LogP contribution in [0.3, 0.4) is 0 Å². The van der Waals surface area contributed by atoms with Gasteiger partial charge >= 0.3 is 0 Å². The molecule has 0 unspecified atom stereocenters. The molecule has 0 spiro atoms. The largest absolute Gasteiger partial charge is 0.0958 e. The third-order valence-electron chi connectivity index (χ3n) is 1.20. The molecule has 0 aliphatic heterocycles. The van der Waals surface area contributed by atoms with Crippen LogP contribution in [0.15, 0.2) is 36.5 Å². The van der Waals surface area contributed by atoms with Crippen molar-refractivity contribution in [1.29, 1.82) is 0 Å². The Hall–Kier alpha value is -0.780. The van der Waals surface area contributed by atoms with Crippen LogP contribution in [0.1, 0.15) is 20.3 Å². The smallest absolute Gasteiger partial charge is 0.0101 e. The molecule has 50 valence electrons. The van der Waals surface area contributed by atoms with Crippen LogP contribution in [-0.2, 0) is 0 Å². The molecule has 0 amide bonds. The zero-order chi connectivity index (χ0) is 7.28. The van der Waals surface area contributed by atoms with E-state index in [1.165, 1.54) is 0 Å². The Kier molecular flexibility index (Phi) is 3.78. The van der Waals surface area contributed by atoms with E-state index in [1.807, 2.05) is 19.9 Å². The summed E-state index contributed by atoms with van der Waals surface area (Å²) in [6.45, 7) is 11.6. The SMILES string of the molecule is C=C(C)C(=C)C/C=C/C. The molecule has 0 fully saturated rings. The Bertz CT molecular complexity index is 138. The molecule has 0 N–H and O–H groups in total. The van der Waals surface area contributed by atoms with Crippen LogP contribution in [0.25, 0.3) is 0 Å². The van der Waals surface area contributed by atoms with Crippen LogP contribution in [0.2, 0.25) is 0 Å². The van der Waals surface area contributed by atoms with Crippen LogP contribution in [0, 0.1) is 0 Å². The Morgan fingerprint density at radius 1 is 1.44 bits per heavy atom. The van der Waals surface area contributed by atoms with E-state index in [-0.39, 0.29) is 0 Å². The first-order valence-electron chi connectivity index (χ1n) is 3.13. The summed E-state index contributed by atoms with van der Waals surface area (Å²) in [7, 11) is 0. The van der Waals surface area contributed by atoms with Gasteiger partial charge in [0.15, 0.2) is 0 Å². The first kappa shape index (κ1) is 8.22. The van der Waals surface area contributed by atoms with Crippen LogP contribution >= 0.6 is 0 Å². The number of allylic oxidation sites excluding steroid dienone is 4. The minimum Gasteiger partial charge on any atom is -0.0958 e. The van der Waals surface area contributed by atoms with E-state index in [0.717, 1.165) is 17.6 Å². The molecule has 0 radical (unpaired) electrons. The van der Waals surface area contributed by atoms with Crippen LogP contribution < -0.4 is 0 Å². The number of rotatable bonds is 3. The fraction of sp³-hybridized carbons (Fsp3) is 0.333. The highest BCUT2D eigenvalue weighted by Crippen LogP contribution is 2.08. The predicted molar refractivity (Wildman–Crippen MR) is 43.4 cm³/mol. The van der Waals surface area contributed by atoms with Crippen molar-refractivity contribution in [3.8, 4) is 0 Å². The van der Waals surface area contributed by atoms with Gasteiger partial charge in [-0.3, -0.25) is 0 Å². The van der Waals surface area contributed by atoms with Gasteiger partial charge in [-0.25, -0.2) is 0 Å². The second-order valence-electron chi connectivity index (χ2n) is 2.16. The second-order valence-corrected chi connectivity index (χ2v) is 2.16. The van der Waals surface area contributed by atoms with Crippen LogP contribution in [0.5, 0.6) is 0 Å². The summed E-state index contributed by atoms with van der Waals surface area (Å²) < 4.78 is 0. The third kappa shape index (κ3) is 3.77. The van der Waals surface area contributed by atoms with Crippen LogP contribution in [0.4, 0.5) is 0 Å². The molecule has 0 bridgehead atoms. The molecule has 0 atom stereocenters. The lowest BCUT2D eigenvalue weighted by molar-refractivity contribution is 1.22. The summed E-state index contributed by atoms with van der Waals surface area (Å²) >= 11 is 0. The molecule has 0 rings (SSSR count). The lowest BCUT2D eigenvalue weighted by atomic mass is 10.1. The Morgan fingerprint density at radius 2 is 2.00 bits per heavy atom. The van der Waals surface area contributed by atoms with Gasteiger partial charge in [0.05, 0.1) is 0 Å². The lowest BCUT2D eigenvalue weighted by Crippen LogP contribution is -1.77. The first-order valence-corrected chi connectivity index (χ1v) is 3.13. The summed E-state index contributed by atoms with van der Waals surface area (Å²) in [5, 5.41) is 0. The molecule has 0 aromatic carbocycles. The summed E-state index contributed by atoms with van der Waals surface area (Å²) in [5.41, 5.74) is 2.20. The molecule has 0 aromatic rings. The highest BCUT2D eigenvalue weighted by molar-refractivity contribution is 5.24. The summed E-state index contributed by atoms with van der Waals surface area (Å²) in [5.74, 6) is 0. The van der Waals surface area contributed by atoms with E-state index in [0.29, 0.717) is 0 Å². The average molecular weight is 122 g/mol. The zero-order valence-corrected chi connectivity index (χ0v) is 6.28. The molecule has 0 nitrogen and oxygen atoms in total. The fourth-order valence-electron chi connectivity index (χ4n) is 0.434. The van der Waals surface area contributed by atoms with E-state index < -0.39 is 0 Å². The van der Waals surface area contributed by atoms with Gasteiger partial charge in [0, 0.05) is 0 Å². The molecule has 0 aliphatic rings. The Morgan fingerprint density at radius 3 is 2.33 bits per heavy atom. The van der Waals surface area contributed by atoms with Gasteiger partial charge in [-0.05, 0) is 25.8 Å². The monoisotopic (exact) mass is 122 g/mol. The van der Waals surface area contributed by atoms with Gasteiger partial charge in [0.1, 0.15) is 0 Å². The maximum atomic E-state index is 3.84. The highest BCUT2D eigenvalue weighted by atomic mass is 13.9. The van der Waals surface area contributed by atoms with Crippen molar-refractivity contribution in [3.05, 3.63) is 36.5 Å². The topological polar surface area (TPSA) is 0 Å². The molecular formula is C9H14. The number of hydrogen-bond donors (Lipinski definition) is 0. The quantitative estimate of drug-likeness (QED) is 0.398. The van der Waals surface area contributed by atoms with Gasteiger partial charge in [0.25, 0.3) is 0 Å². The predicted octanol–water partition coefficient (Wildman–Crippen LogP) is 3.08. The minimum absolute atomic E-state index is 0.936. The summed E-state index contributed by atoms with van der Waals surface area (Å²) in [4.78, 5) is 0. The van der Waals surface area contributed by atoms with Crippen molar-refractivity contribution in [1.82, 2.24) is 0 Å². The van der Waals surface area contributed by atoms with Gasteiger partial charge < -0.3 is 0 Å². The van der Waals surface area contributed by atoms with E-state index in [9.17, 15) is 0 Å². The molecule has 0 heteroatoms. The van der Waals surface area contributed by atoms with Crippen molar-refractivity contribution in [2.75, 3.05) is 0 Å². The van der Waals surface area contributed by atoms with E-state index >= 15 is 0 Å². The van der Waals surface area contributed by atoms with E-state index in [4.69, 9.17) is 0 Å². The summed E-state index contributed by atoms with van der Waals surface area (Å²) in [6.07, 6.45) is 5.04. The number of hydrogen-bond acceptors (Lipinski definition) is 0. The average Bonchev–Trinajstić information content (AvgIpc) is 1.82. The molecule has 0 saturated carbocycles. The van der Waals surface area contributed by atoms with Gasteiger partial charge in [-0.1, -0.05) is 30.9 Å². The molecular weight excluding hydrogens is 108 g/mol. The first-order chi connectivity index (χ1) is 4.18. The van der Waals surface area contributed by atoms with Gasteiger partial charge in [-0.15, -0.1) is 0 Å². The standard InChI is InChI=1S/C9H14/c1-5-6-7-9(4)8(2)3/h5-6H,2,4,7H2,1,3H3/b6-5+. The van der Waals surface area contributed by atoms with Crippen molar-refractivity contribution in [2.45, 2.75) is 20.3 Å². The van der Waals surface area contributed by atoms with E-state index in [2.05, 4.69) is 19.2 Å². The highest BCUT2D eigenvalue weighted by Gasteiger charge is 1.87. The molecule has 9 heavy (non-hydrogen) atoms. The molecule has 0 aromatic heterocycles. The van der Waals surface area contributed by atoms with E-state index in [1.54, 1.807) is 0 Å².